The topological polar surface area (TPSA) is 59.1 Å². The van der Waals surface area contributed by atoms with Crippen LogP contribution in [-0.4, -0.2) is 66.9 Å². The van der Waals surface area contributed by atoms with Gasteiger partial charge in [-0.05, 0) is 69.8 Å². The number of carbonyl (C=O) groups is 2. The van der Waals surface area contributed by atoms with Gasteiger partial charge in [-0.3, -0.25) is 14.5 Å². The standard InChI is InChI=1S/C23H32N2O4/c1-16-5-9-25(10-6-16)23(27)17(2)24-11-7-18(8-12-24)22(26)19-3-4-20-21(15-19)29-14-13-28-20/h3-4,15-18H,5-14H2,1-2H3. The second kappa shape index (κ2) is 8.74. The molecule has 0 spiro atoms. The molecule has 4 rings (SSSR count). The molecule has 0 aromatic heterocycles. The lowest BCUT2D eigenvalue weighted by Gasteiger charge is -2.38. The maximum atomic E-state index is 13.0. The number of rotatable bonds is 4. The molecule has 3 aliphatic heterocycles. The third-order valence-electron chi connectivity index (χ3n) is 6.73. The molecule has 1 unspecified atom stereocenters. The predicted octanol–water partition coefficient (Wildman–Crippen LogP) is 3.00. The minimum Gasteiger partial charge on any atom is -0.486 e. The van der Waals surface area contributed by atoms with Gasteiger partial charge in [-0.2, -0.15) is 0 Å². The SMILES string of the molecule is CC1CCN(C(=O)C(C)N2CCC(C(=O)c3ccc4c(c3)OCCO4)CC2)CC1. The van der Waals surface area contributed by atoms with Crippen molar-refractivity contribution in [2.24, 2.45) is 11.8 Å². The number of Topliss-reactive ketones (excluding diaryl/α,β-unsaturated/α-hetero) is 1. The Morgan fingerprint density at radius 2 is 1.62 bits per heavy atom. The molecule has 1 amide bonds. The number of benzene rings is 1. The van der Waals surface area contributed by atoms with E-state index in [1.807, 2.05) is 30.0 Å². The molecule has 2 fully saturated rings. The molecule has 0 aliphatic carbocycles. The predicted molar refractivity (Wildman–Crippen MR) is 110 cm³/mol. The van der Waals surface area contributed by atoms with E-state index in [1.165, 1.54) is 0 Å². The average Bonchev–Trinajstić information content (AvgIpc) is 2.78. The molecule has 1 aromatic carbocycles. The van der Waals surface area contributed by atoms with Crippen molar-refractivity contribution in [3.63, 3.8) is 0 Å². The van der Waals surface area contributed by atoms with Crippen LogP contribution in [0.4, 0.5) is 0 Å². The number of nitrogens with zero attached hydrogens (tertiary/aromatic N) is 2. The van der Waals surface area contributed by atoms with Crippen molar-refractivity contribution in [2.75, 3.05) is 39.4 Å². The minimum atomic E-state index is -0.103. The van der Waals surface area contributed by atoms with Crippen molar-refractivity contribution in [1.29, 1.82) is 0 Å². The first-order valence-electron chi connectivity index (χ1n) is 11.0. The van der Waals surface area contributed by atoms with Crippen LogP contribution in [0.1, 0.15) is 49.9 Å². The van der Waals surface area contributed by atoms with Gasteiger partial charge in [0.2, 0.25) is 5.91 Å². The smallest absolute Gasteiger partial charge is 0.239 e. The molecule has 0 N–H and O–H groups in total. The average molecular weight is 401 g/mol. The second-order valence-corrected chi connectivity index (χ2v) is 8.72. The summed E-state index contributed by atoms with van der Waals surface area (Å²) in [5.41, 5.74) is 0.694. The van der Waals surface area contributed by atoms with Crippen molar-refractivity contribution in [1.82, 2.24) is 9.80 Å². The van der Waals surface area contributed by atoms with E-state index in [9.17, 15) is 9.59 Å². The molecule has 6 nitrogen and oxygen atoms in total. The molecule has 2 saturated heterocycles. The van der Waals surface area contributed by atoms with E-state index in [1.54, 1.807) is 0 Å². The maximum absolute atomic E-state index is 13.0. The Morgan fingerprint density at radius 3 is 2.31 bits per heavy atom. The van der Waals surface area contributed by atoms with Crippen LogP contribution in [0.15, 0.2) is 18.2 Å². The molecule has 0 bridgehead atoms. The highest BCUT2D eigenvalue weighted by atomic mass is 16.6. The zero-order chi connectivity index (χ0) is 20.4. The Morgan fingerprint density at radius 1 is 0.966 bits per heavy atom. The number of fused-ring (bicyclic) bond motifs is 1. The molecular weight excluding hydrogens is 368 g/mol. The van der Waals surface area contributed by atoms with Gasteiger partial charge < -0.3 is 14.4 Å². The van der Waals surface area contributed by atoms with Gasteiger partial charge in [0, 0.05) is 24.6 Å². The lowest BCUT2D eigenvalue weighted by atomic mass is 9.88. The first-order valence-corrected chi connectivity index (χ1v) is 11.0. The number of hydrogen-bond acceptors (Lipinski definition) is 5. The van der Waals surface area contributed by atoms with Gasteiger partial charge in [-0.15, -0.1) is 0 Å². The fraction of sp³-hybridized carbons (Fsp3) is 0.652. The molecule has 0 radical (unpaired) electrons. The highest BCUT2D eigenvalue weighted by Crippen LogP contribution is 2.33. The van der Waals surface area contributed by atoms with Crippen molar-refractivity contribution in [3.8, 4) is 11.5 Å². The van der Waals surface area contributed by atoms with Crippen molar-refractivity contribution < 1.29 is 19.1 Å². The third kappa shape index (κ3) is 4.42. The van der Waals surface area contributed by atoms with Gasteiger partial charge in [0.1, 0.15) is 13.2 Å². The summed E-state index contributed by atoms with van der Waals surface area (Å²) < 4.78 is 11.2. The third-order valence-corrected chi connectivity index (χ3v) is 6.73. The molecule has 6 heteroatoms. The van der Waals surface area contributed by atoms with Crippen molar-refractivity contribution >= 4 is 11.7 Å². The van der Waals surface area contributed by atoms with E-state index in [0.717, 1.165) is 57.8 Å². The lowest BCUT2D eigenvalue weighted by Crippen LogP contribution is -2.51. The van der Waals surface area contributed by atoms with Crippen LogP contribution in [0.3, 0.4) is 0 Å². The summed E-state index contributed by atoms with van der Waals surface area (Å²) in [6.07, 6.45) is 3.79. The molecule has 158 valence electrons. The van der Waals surface area contributed by atoms with E-state index in [2.05, 4.69) is 11.8 Å². The summed E-state index contributed by atoms with van der Waals surface area (Å²) >= 11 is 0. The molecule has 3 aliphatic rings. The summed E-state index contributed by atoms with van der Waals surface area (Å²) in [5, 5.41) is 0. The molecule has 0 saturated carbocycles. The van der Waals surface area contributed by atoms with Crippen LogP contribution < -0.4 is 9.47 Å². The highest BCUT2D eigenvalue weighted by Gasteiger charge is 2.33. The van der Waals surface area contributed by atoms with Gasteiger partial charge >= 0.3 is 0 Å². The van der Waals surface area contributed by atoms with E-state index < -0.39 is 0 Å². The summed E-state index contributed by atoms with van der Waals surface area (Å²) in [6, 6.07) is 5.38. The van der Waals surface area contributed by atoms with Crippen LogP contribution in [-0.2, 0) is 4.79 Å². The minimum absolute atomic E-state index is 0.00643. The maximum Gasteiger partial charge on any atom is 0.239 e. The molecular formula is C23H32N2O4. The van der Waals surface area contributed by atoms with E-state index >= 15 is 0 Å². The van der Waals surface area contributed by atoms with Gasteiger partial charge in [0.25, 0.3) is 0 Å². The lowest BCUT2D eigenvalue weighted by molar-refractivity contribution is -0.138. The Kier molecular flexibility index (Phi) is 6.09. The summed E-state index contributed by atoms with van der Waals surface area (Å²) in [5.74, 6) is 2.51. The van der Waals surface area contributed by atoms with Gasteiger partial charge in [0.05, 0.1) is 6.04 Å². The Labute approximate surface area is 173 Å². The number of carbonyl (C=O) groups excluding carboxylic acids is 2. The van der Waals surface area contributed by atoms with E-state index in [0.29, 0.717) is 30.3 Å². The van der Waals surface area contributed by atoms with Gasteiger partial charge in [-0.25, -0.2) is 0 Å². The quantitative estimate of drug-likeness (QED) is 0.727. The fourth-order valence-electron chi connectivity index (χ4n) is 4.63. The van der Waals surface area contributed by atoms with Crippen LogP contribution in [0.25, 0.3) is 0 Å². The number of ketones is 1. The van der Waals surface area contributed by atoms with Crippen molar-refractivity contribution in [3.05, 3.63) is 23.8 Å². The zero-order valence-corrected chi connectivity index (χ0v) is 17.6. The van der Waals surface area contributed by atoms with Crippen LogP contribution in [0.5, 0.6) is 11.5 Å². The highest BCUT2D eigenvalue weighted by molar-refractivity contribution is 5.98. The fourth-order valence-corrected chi connectivity index (χ4v) is 4.63. The Balaban J connectivity index is 1.32. The second-order valence-electron chi connectivity index (χ2n) is 8.72. The van der Waals surface area contributed by atoms with Gasteiger partial charge in [-0.1, -0.05) is 6.92 Å². The number of piperidine rings is 2. The Bertz CT molecular complexity index is 749. The molecule has 1 aromatic rings. The normalized spacial score (nSPS) is 22.3. The summed E-state index contributed by atoms with van der Waals surface area (Å²) in [7, 11) is 0. The first kappa shape index (κ1) is 20.2. The largest absolute Gasteiger partial charge is 0.486 e. The molecule has 1 atom stereocenters. The monoisotopic (exact) mass is 400 g/mol. The summed E-state index contributed by atoms with van der Waals surface area (Å²) in [6.45, 7) is 8.68. The number of ether oxygens (including phenoxy) is 2. The van der Waals surface area contributed by atoms with Crippen LogP contribution in [0.2, 0.25) is 0 Å². The first-order chi connectivity index (χ1) is 14.0. The van der Waals surface area contributed by atoms with Crippen molar-refractivity contribution in [2.45, 2.75) is 45.6 Å². The van der Waals surface area contributed by atoms with Gasteiger partial charge in [0.15, 0.2) is 17.3 Å². The number of hydrogen-bond donors (Lipinski definition) is 0. The number of amides is 1. The van der Waals surface area contributed by atoms with Crippen LogP contribution >= 0.6 is 0 Å². The van der Waals surface area contributed by atoms with E-state index in [4.69, 9.17) is 9.47 Å². The van der Waals surface area contributed by atoms with Crippen LogP contribution in [0, 0.1) is 11.8 Å². The zero-order valence-electron chi connectivity index (χ0n) is 17.6. The molecule has 3 heterocycles. The summed E-state index contributed by atoms with van der Waals surface area (Å²) in [4.78, 5) is 30.1. The van der Waals surface area contributed by atoms with E-state index in [-0.39, 0.29) is 23.7 Å². The molecule has 29 heavy (non-hydrogen) atoms. The number of likely N-dealkylation sites (tertiary alicyclic amines) is 2. The Hall–Kier alpha value is -2.08.